The van der Waals surface area contributed by atoms with Crippen molar-refractivity contribution in [3.63, 3.8) is 0 Å². The number of aliphatic hydroxyl groups is 1. The number of anilines is 2. The fourth-order valence-corrected chi connectivity index (χ4v) is 3.17. The van der Waals surface area contributed by atoms with Crippen LogP contribution >= 0.6 is 11.8 Å². The van der Waals surface area contributed by atoms with E-state index in [0.717, 1.165) is 50.3 Å². The van der Waals surface area contributed by atoms with Crippen LogP contribution in [0.4, 0.5) is 11.4 Å². The average Bonchev–Trinajstić information content (AvgIpc) is 2.97. The smallest absolute Gasteiger partial charge is 0.225 e. The second kappa shape index (κ2) is 37.0. The van der Waals surface area contributed by atoms with Crippen LogP contribution in [0.3, 0.4) is 0 Å². The fraction of sp³-hybridized carbons (Fsp3) is 0.562. The molecule has 0 bridgehead atoms. The maximum Gasteiger partial charge on any atom is 0.225 e. The first-order valence-corrected chi connectivity index (χ1v) is 15.4. The third-order valence-corrected chi connectivity index (χ3v) is 5.45. The number of carbonyl (C=O) groups is 3. The largest absolute Gasteiger partial charge is 0.392 e. The Hall–Kier alpha value is -3.01. The summed E-state index contributed by atoms with van der Waals surface area (Å²) in [6.45, 7) is 15.6. The van der Waals surface area contributed by atoms with Crippen molar-refractivity contribution in [3.05, 3.63) is 48.5 Å². The third-order valence-electron chi connectivity index (χ3n) is 4.80. The van der Waals surface area contributed by atoms with Crippen molar-refractivity contribution in [2.24, 2.45) is 0 Å². The van der Waals surface area contributed by atoms with Gasteiger partial charge in [0.15, 0.2) is 0 Å². The van der Waals surface area contributed by atoms with Gasteiger partial charge >= 0.3 is 0 Å². The predicted octanol–water partition coefficient (Wildman–Crippen LogP) is 4.96. The molecule has 0 saturated heterocycles. The molecule has 246 valence electrons. The molecule has 3 N–H and O–H groups in total. The van der Waals surface area contributed by atoms with Gasteiger partial charge in [0.25, 0.3) is 0 Å². The number of amides is 1. The lowest BCUT2D eigenvalue weighted by molar-refractivity contribution is -0.116. The normalized spacial score (nSPS) is 10.4. The number of nitrogens with one attached hydrogen (secondary N) is 2. The first-order valence-electron chi connectivity index (χ1n) is 14.3. The lowest BCUT2D eigenvalue weighted by atomic mass is 10.2. The van der Waals surface area contributed by atoms with Crippen molar-refractivity contribution in [3.8, 4) is 6.07 Å². The maximum atomic E-state index is 12.0. The zero-order chi connectivity index (χ0) is 33.9. The van der Waals surface area contributed by atoms with Gasteiger partial charge < -0.3 is 40.0 Å². The molecule has 0 fully saturated rings. The minimum absolute atomic E-state index is 0.0562. The van der Waals surface area contributed by atoms with Crippen molar-refractivity contribution >= 4 is 42.1 Å². The van der Waals surface area contributed by atoms with Gasteiger partial charge in [0.05, 0.1) is 17.9 Å². The molecule has 10 nitrogen and oxygen atoms in total. The SMILES string of the molecule is C=CNc1cccc(NC(=O)CCN(CC)CCCC)c1.C=O.CCC(O)CN(C)C.CN(C)C.N#C/C=C/SCC=O. The Labute approximate surface area is 266 Å². The van der Waals surface area contributed by atoms with Crippen molar-refractivity contribution in [1.82, 2.24) is 14.7 Å². The Kier molecular flexibility index (Phi) is 40.4. The van der Waals surface area contributed by atoms with Gasteiger partial charge in [-0.15, -0.1) is 11.8 Å². The van der Waals surface area contributed by atoms with Crippen molar-refractivity contribution in [2.75, 3.05) is 77.8 Å². The highest BCUT2D eigenvalue weighted by Gasteiger charge is 2.07. The number of unbranched alkanes of at least 4 members (excludes halogenated alkanes) is 1. The molecule has 0 aliphatic heterocycles. The van der Waals surface area contributed by atoms with Gasteiger partial charge in [0.2, 0.25) is 5.91 Å². The van der Waals surface area contributed by atoms with E-state index in [1.807, 2.05) is 89.1 Å². The number of nitriles is 1. The number of hydrogen-bond donors (Lipinski definition) is 3. The highest BCUT2D eigenvalue weighted by Crippen LogP contribution is 2.15. The molecular weight excluding hydrogens is 564 g/mol. The number of rotatable bonds is 16. The highest BCUT2D eigenvalue weighted by atomic mass is 32.2. The van der Waals surface area contributed by atoms with E-state index in [1.165, 1.54) is 30.7 Å². The summed E-state index contributed by atoms with van der Waals surface area (Å²) in [7, 11) is 9.91. The second-order valence-corrected chi connectivity index (χ2v) is 10.6. The third kappa shape index (κ3) is 41.2. The zero-order valence-corrected chi connectivity index (χ0v) is 28.7. The minimum atomic E-state index is -0.148. The quantitative estimate of drug-likeness (QED) is 0.132. The summed E-state index contributed by atoms with van der Waals surface area (Å²) < 4.78 is 0. The number of carbonyl (C=O) groups excluding carboxylic acids is 3. The van der Waals surface area contributed by atoms with Gasteiger partial charge in [-0.3, -0.25) is 4.79 Å². The van der Waals surface area contributed by atoms with Crippen LogP contribution in [0.25, 0.3) is 0 Å². The molecule has 11 heteroatoms. The summed E-state index contributed by atoms with van der Waals surface area (Å²) in [6, 6.07) is 9.43. The molecule has 1 aromatic carbocycles. The number of allylic oxidation sites excluding steroid dienone is 1. The average molecular weight is 623 g/mol. The summed E-state index contributed by atoms with van der Waals surface area (Å²) in [5, 5.41) is 24.4. The van der Waals surface area contributed by atoms with Crippen LogP contribution in [0.15, 0.2) is 48.5 Å². The van der Waals surface area contributed by atoms with E-state index < -0.39 is 0 Å². The lowest BCUT2D eigenvalue weighted by Crippen LogP contribution is -2.28. The molecule has 1 amide bonds. The first kappa shape index (κ1) is 46.9. The number of aldehydes is 1. The summed E-state index contributed by atoms with van der Waals surface area (Å²) in [6.07, 6.45) is 7.35. The number of benzene rings is 1. The molecule has 0 radical (unpaired) electrons. The van der Waals surface area contributed by atoms with Gasteiger partial charge in [-0.2, -0.15) is 5.26 Å². The molecule has 1 rings (SSSR count). The molecule has 0 aliphatic carbocycles. The van der Waals surface area contributed by atoms with E-state index in [0.29, 0.717) is 12.2 Å². The van der Waals surface area contributed by atoms with E-state index in [2.05, 4.69) is 36.0 Å². The van der Waals surface area contributed by atoms with E-state index in [9.17, 15) is 9.59 Å². The molecule has 1 unspecified atom stereocenters. The number of thioether (sulfide) groups is 1. The van der Waals surface area contributed by atoms with E-state index in [-0.39, 0.29) is 12.0 Å². The Morgan fingerprint density at radius 2 is 1.72 bits per heavy atom. The Morgan fingerprint density at radius 1 is 1.12 bits per heavy atom. The van der Waals surface area contributed by atoms with Gasteiger partial charge in [0.1, 0.15) is 13.1 Å². The van der Waals surface area contributed by atoms with Crippen LogP contribution in [0, 0.1) is 11.3 Å². The molecule has 43 heavy (non-hydrogen) atoms. The number of hydrogen-bond acceptors (Lipinski definition) is 10. The lowest BCUT2D eigenvalue weighted by Gasteiger charge is -2.19. The number of aliphatic hydroxyl groups excluding tert-OH is 1. The summed E-state index contributed by atoms with van der Waals surface area (Å²) in [5.41, 5.74) is 1.73. The van der Waals surface area contributed by atoms with Crippen LogP contribution in [-0.2, 0) is 14.4 Å². The Morgan fingerprint density at radius 3 is 2.16 bits per heavy atom. The molecule has 0 heterocycles. The van der Waals surface area contributed by atoms with Crippen molar-refractivity contribution < 1.29 is 19.5 Å². The molecule has 0 aromatic heterocycles. The number of likely N-dealkylation sites (N-methyl/N-ethyl adjacent to an activating group) is 1. The fourth-order valence-electron chi connectivity index (χ4n) is 2.82. The summed E-state index contributed by atoms with van der Waals surface area (Å²) in [5.74, 6) is 0.485. The molecule has 1 aromatic rings. The predicted molar refractivity (Wildman–Crippen MR) is 185 cm³/mol. The van der Waals surface area contributed by atoms with Gasteiger partial charge in [-0.1, -0.05) is 39.8 Å². The molecule has 1 atom stereocenters. The minimum Gasteiger partial charge on any atom is -0.392 e. The highest BCUT2D eigenvalue weighted by molar-refractivity contribution is 8.02. The van der Waals surface area contributed by atoms with E-state index >= 15 is 0 Å². The number of nitrogens with zero attached hydrogens (tertiary/aromatic N) is 4. The Balaban J connectivity index is -0.000000284. The van der Waals surface area contributed by atoms with E-state index in [1.54, 1.807) is 11.6 Å². The van der Waals surface area contributed by atoms with Crippen LogP contribution < -0.4 is 10.6 Å². The van der Waals surface area contributed by atoms with Crippen LogP contribution in [0.1, 0.15) is 46.5 Å². The van der Waals surface area contributed by atoms with Crippen LogP contribution in [0.5, 0.6) is 0 Å². The van der Waals surface area contributed by atoms with Crippen molar-refractivity contribution in [2.45, 2.75) is 52.6 Å². The monoisotopic (exact) mass is 622 g/mol. The van der Waals surface area contributed by atoms with Gasteiger partial charge in [-0.05, 0) is 91.0 Å². The van der Waals surface area contributed by atoms with Gasteiger partial charge in [-0.25, -0.2) is 0 Å². The van der Waals surface area contributed by atoms with Gasteiger partial charge in [0, 0.05) is 37.0 Å². The molecular formula is C32H58N6O4S. The Bertz CT molecular complexity index is 860. The van der Waals surface area contributed by atoms with Crippen LogP contribution in [-0.4, -0.2) is 112 Å². The molecule has 0 aliphatic rings. The molecule has 0 saturated carbocycles. The van der Waals surface area contributed by atoms with Crippen LogP contribution in [0.2, 0.25) is 0 Å². The van der Waals surface area contributed by atoms with Crippen molar-refractivity contribution in [1.29, 1.82) is 5.26 Å². The topological polar surface area (TPSA) is 129 Å². The summed E-state index contributed by atoms with van der Waals surface area (Å²) in [4.78, 5) is 35.9. The maximum absolute atomic E-state index is 12.0. The van der Waals surface area contributed by atoms with E-state index in [4.69, 9.17) is 15.2 Å². The first-order chi connectivity index (χ1) is 20.5. The zero-order valence-electron chi connectivity index (χ0n) is 27.8. The summed E-state index contributed by atoms with van der Waals surface area (Å²) >= 11 is 1.31. The molecule has 0 spiro atoms. The second-order valence-electron chi connectivity index (χ2n) is 9.61. The standard InChI is InChI=1S/C17H27N3O.C6H15NO.C5H5NOS.C3H9N.CH2O/c1-4-7-12-20(6-3)13-11-17(21)19-16-10-8-9-15(14-16)18-5-2;1-4-6(8)5-7(2)3;6-2-1-4-8-5-3-7;1-4(2)3;1-2/h5,8-10,14,18H,2,4,6-7,11-13H2,1,3H3,(H,19,21);6,8H,4-5H2,1-3H3;1,3-4H,5H2;1-3H3;1H2/b;;4-1+;;.